The number of nitrogens with two attached hydrogens (primary N) is 2. The van der Waals surface area contributed by atoms with E-state index in [0.29, 0.717) is 18.4 Å². The van der Waals surface area contributed by atoms with Gasteiger partial charge in [0.15, 0.2) is 0 Å². The summed E-state index contributed by atoms with van der Waals surface area (Å²) in [4.78, 5) is 96.7. The van der Waals surface area contributed by atoms with Crippen LogP contribution in [0.15, 0.2) is 24.3 Å². The van der Waals surface area contributed by atoms with Crippen LogP contribution in [0.1, 0.15) is 37.7 Å². The highest BCUT2D eigenvalue weighted by Gasteiger charge is 2.31. The molecule has 19 nitrogen and oxygen atoms in total. The predicted octanol–water partition coefficient (Wildman–Crippen LogP) is -3.89. The van der Waals surface area contributed by atoms with Crippen molar-refractivity contribution >= 4 is 47.4 Å². The van der Waals surface area contributed by atoms with Crippen molar-refractivity contribution in [3.8, 4) is 5.75 Å². The van der Waals surface area contributed by atoms with Crippen molar-refractivity contribution in [2.45, 2.75) is 62.7 Å². The Morgan fingerprint density at radius 2 is 1.22 bits per heavy atom. The minimum Gasteiger partial charge on any atom is -0.508 e. The predicted molar refractivity (Wildman–Crippen MR) is 157 cm³/mol. The van der Waals surface area contributed by atoms with Crippen LogP contribution < -0.4 is 38.1 Å². The summed E-state index contributed by atoms with van der Waals surface area (Å²) in [5, 5.41) is 47.6. The zero-order valence-corrected chi connectivity index (χ0v) is 24.7. The fourth-order valence-electron chi connectivity index (χ4n) is 3.85. The van der Waals surface area contributed by atoms with Gasteiger partial charge in [-0.1, -0.05) is 12.1 Å². The molecule has 254 valence electrons. The zero-order valence-electron chi connectivity index (χ0n) is 24.7. The molecule has 0 bridgehead atoms. The molecule has 0 aliphatic heterocycles. The van der Waals surface area contributed by atoms with Crippen LogP contribution >= 0.6 is 0 Å². The van der Waals surface area contributed by atoms with Crippen LogP contribution in [0.5, 0.6) is 5.75 Å². The second-order valence-corrected chi connectivity index (χ2v) is 10.0. The minimum absolute atomic E-state index is 0.0355. The lowest BCUT2D eigenvalue weighted by molar-refractivity contribution is -0.141. The molecule has 0 spiro atoms. The van der Waals surface area contributed by atoms with Crippen molar-refractivity contribution in [2.75, 3.05) is 19.6 Å². The molecule has 0 aromatic heterocycles. The van der Waals surface area contributed by atoms with Gasteiger partial charge in [-0.15, -0.1) is 0 Å². The lowest BCUT2D eigenvalue weighted by Gasteiger charge is -2.25. The maximum atomic E-state index is 13.4. The SMILES string of the molecule is NCCCC[C@H](NC(=O)[C@H](Cc1ccc(O)cc1)NC(=O)[C@@H](N)CC(=O)O)C(=O)N[C@@H](CC(=O)O)C(=O)NCC(=O)NCC(=O)O. The third-order valence-corrected chi connectivity index (χ3v) is 6.19. The van der Waals surface area contributed by atoms with E-state index in [4.69, 9.17) is 21.7 Å². The van der Waals surface area contributed by atoms with Crippen molar-refractivity contribution in [3.63, 3.8) is 0 Å². The Morgan fingerprint density at radius 3 is 1.78 bits per heavy atom. The highest BCUT2D eigenvalue weighted by atomic mass is 16.4. The maximum absolute atomic E-state index is 13.4. The molecule has 0 saturated carbocycles. The Bertz CT molecular complexity index is 1260. The van der Waals surface area contributed by atoms with Crippen LogP contribution in [0.2, 0.25) is 0 Å². The first-order chi connectivity index (χ1) is 21.6. The van der Waals surface area contributed by atoms with Crippen molar-refractivity contribution in [2.24, 2.45) is 11.5 Å². The number of carbonyl (C=O) groups is 8. The molecule has 46 heavy (non-hydrogen) atoms. The number of carboxylic acids is 3. The number of rotatable bonds is 21. The molecule has 0 unspecified atom stereocenters. The highest BCUT2D eigenvalue weighted by molar-refractivity contribution is 5.97. The molecule has 0 fully saturated rings. The maximum Gasteiger partial charge on any atom is 0.322 e. The average molecular weight is 654 g/mol. The number of amides is 5. The first-order valence-electron chi connectivity index (χ1n) is 14.0. The van der Waals surface area contributed by atoms with Crippen LogP contribution in [0.25, 0.3) is 0 Å². The number of phenolic OH excluding ortho intramolecular Hbond substituents is 1. The van der Waals surface area contributed by atoms with E-state index in [2.05, 4.69) is 21.3 Å². The molecule has 13 N–H and O–H groups in total. The van der Waals surface area contributed by atoms with Gasteiger partial charge < -0.3 is 58.5 Å². The van der Waals surface area contributed by atoms with Gasteiger partial charge >= 0.3 is 17.9 Å². The first-order valence-corrected chi connectivity index (χ1v) is 14.0. The standard InChI is InChI=1S/C27H39N7O12/c28-8-2-1-3-17(26(45)34-19(11-22(39)40)25(44)31-12-20(36)30-13-23(41)42)32-27(46)18(9-14-4-6-15(35)7-5-14)33-24(43)16(29)10-21(37)38/h4-7,16-19,35H,1-3,8-13,28-29H2,(H,30,36)(H,31,44)(H,32,46)(H,33,43)(H,34,45)(H,37,38)(H,39,40)(H,41,42)/t16-,17-,18-,19-/m0/s1. The summed E-state index contributed by atoms with van der Waals surface area (Å²) in [6.45, 7) is -1.22. The van der Waals surface area contributed by atoms with Gasteiger partial charge in [-0.3, -0.25) is 38.4 Å². The Balaban J connectivity index is 3.17. The second-order valence-electron chi connectivity index (χ2n) is 10.0. The lowest BCUT2D eigenvalue weighted by atomic mass is 10.0. The number of benzene rings is 1. The first kappa shape index (κ1) is 38.7. The van der Waals surface area contributed by atoms with E-state index in [1.54, 1.807) is 0 Å². The lowest BCUT2D eigenvalue weighted by Crippen LogP contribution is -2.58. The number of unbranched alkanes of at least 4 members (excludes halogenated alkanes) is 1. The van der Waals surface area contributed by atoms with Gasteiger partial charge in [0.2, 0.25) is 29.5 Å². The number of aliphatic carboxylic acids is 3. The Kier molecular flexibility index (Phi) is 16.7. The summed E-state index contributed by atoms with van der Waals surface area (Å²) in [6.07, 6.45) is -1.15. The van der Waals surface area contributed by atoms with Crippen molar-refractivity contribution < 1.29 is 58.8 Å². The van der Waals surface area contributed by atoms with Crippen molar-refractivity contribution in [3.05, 3.63) is 29.8 Å². The van der Waals surface area contributed by atoms with Crippen LogP contribution in [0.3, 0.4) is 0 Å². The van der Waals surface area contributed by atoms with E-state index in [9.17, 15) is 48.6 Å². The number of carboxylic acid groups (broad SMARTS) is 3. The van der Waals surface area contributed by atoms with E-state index >= 15 is 0 Å². The summed E-state index contributed by atoms with van der Waals surface area (Å²) in [7, 11) is 0. The number of hydrogen-bond acceptors (Lipinski definition) is 11. The van der Waals surface area contributed by atoms with E-state index in [0.717, 1.165) is 0 Å². The third kappa shape index (κ3) is 15.4. The molecule has 1 aromatic rings. The normalized spacial score (nSPS) is 13.2. The molecule has 0 aliphatic rings. The van der Waals surface area contributed by atoms with Crippen LogP contribution in [-0.4, -0.2) is 112 Å². The van der Waals surface area contributed by atoms with Crippen LogP contribution in [-0.2, 0) is 44.8 Å². The largest absolute Gasteiger partial charge is 0.508 e. The number of phenols is 1. The molecule has 5 amide bonds. The number of carbonyl (C=O) groups excluding carboxylic acids is 5. The second kappa shape index (κ2) is 19.9. The number of hydrogen-bond donors (Lipinski definition) is 11. The smallest absolute Gasteiger partial charge is 0.322 e. The van der Waals surface area contributed by atoms with E-state index < -0.39 is 97.5 Å². The van der Waals surface area contributed by atoms with Crippen molar-refractivity contribution in [1.29, 1.82) is 0 Å². The monoisotopic (exact) mass is 653 g/mol. The summed E-state index contributed by atoms with van der Waals surface area (Å²) in [5.74, 6) is -9.12. The van der Waals surface area contributed by atoms with E-state index in [-0.39, 0.29) is 25.1 Å². The molecule has 0 radical (unpaired) electrons. The molecule has 0 saturated heterocycles. The minimum atomic E-state index is -1.72. The van der Waals surface area contributed by atoms with Gasteiger partial charge in [-0.2, -0.15) is 0 Å². The fraction of sp³-hybridized carbons (Fsp3) is 0.481. The molecular weight excluding hydrogens is 614 g/mol. The summed E-state index contributed by atoms with van der Waals surface area (Å²) < 4.78 is 0. The average Bonchev–Trinajstić information content (AvgIpc) is 2.97. The van der Waals surface area contributed by atoms with Crippen LogP contribution in [0, 0.1) is 0 Å². The Labute approximate surface area is 262 Å². The van der Waals surface area contributed by atoms with Gasteiger partial charge in [-0.25, -0.2) is 0 Å². The summed E-state index contributed by atoms with van der Waals surface area (Å²) in [6, 6.07) is -0.435. The molecule has 0 heterocycles. The summed E-state index contributed by atoms with van der Waals surface area (Å²) in [5.41, 5.74) is 11.6. The third-order valence-electron chi connectivity index (χ3n) is 6.19. The molecule has 4 atom stereocenters. The molecule has 1 rings (SSSR count). The van der Waals surface area contributed by atoms with E-state index in [1.807, 2.05) is 5.32 Å². The Hall–Kier alpha value is -5.30. The highest BCUT2D eigenvalue weighted by Crippen LogP contribution is 2.12. The number of aromatic hydroxyl groups is 1. The zero-order chi connectivity index (χ0) is 34.8. The van der Waals surface area contributed by atoms with Gasteiger partial charge in [0.1, 0.15) is 30.4 Å². The van der Waals surface area contributed by atoms with E-state index in [1.165, 1.54) is 24.3 Å². The quantitative estimate of drug-likeness (QED) is 0.0565. The van der Waals surface area contributed by atoms with Gasteiger partial charge in [-0.05, 0) is 43.5 Å². The molecule has 1 aromatic carbocycles. The molecular formula is C27H39N7O12. The van der Waals surface area contributed by atoms with Gasteiger partial charge in [0, 0.05) is 6.42 Å². The Morgan fingerprint density at radius 1 is 0.652 bits per heavy atom. The molecule has 19 heteroatoms. The molecule has 0 aliphatic carbocycles. The topological polar surface area (TPSA) is 330 Å². The van der Waals surface area contributed by atoms with Gasteiger partial charge in [0.25, 0.3) is 0 Å². The van der Waals surface area contributed by atoms with Gasteiger partial charge in [0.05, 0.1) is 25.4 Å². The fourth-order valence-corrected chi connectivity index (χ4v) is 3.85. The van der Waals surface area contributed by atoms with Crippen molar-refractivity contribution in [1.82, 2.24) is 26.6 Å². The van der Waals surface area contributed by atoms with Crippen LogP contribution in [0.4, 0.5) is 0 Å². The number of nitrogens with one attached hydrogen (secondary N) is 5. The summed E-state index contributed by atoms with van der Waals surface area (Å²) >= 11 is 0.